The van der Waals surface area contributed by atoms with Crippen molar-refractivity contribution in [2.45, 2.75) is 45.4 Å². The summed E-state index contributed by atoms with van der Waals surface area (Å²) in [5, 5.41) is 2.87. The van der Waals surface area contributed by atoms with Gasteiger partial charge in [-0.25, -0.2) is 4.39 Å². The van der Waals surface area contributed by atoms with E-state index >= 15 is 0 Å². The summed E-state index contributed by atoms with van der Waals surface area (Å²) in [5.74, 6) is -0.0765. The molecule has 0 saturated heterocycles. The van der Waals surface area contributed by atoms with Crippen molar-refractivity contribution in [1.29, 1.82) is 0 Å². The van der Waals surface area contributed by atoms with Gasteiger partial charge < -0.3 is 10.1 Å². The number of benzene rings is 1. The first kappa shape index (κ1) is 16.5. The van der Waals surface area contributed by atoms with Crippen molar-refractivity contribution < 1.29 is 18.7 Å². The van der Waals surface area contributed by atoms with Crippen molar-refractivity contribution in [3.05, 3.63) is 29.1 Å². The molecule has 1 aliphatic rings. The standard InChI is InChI=1S/C17H22FNO3/c1-3-17(21)19-7-6-12-4-5-13-8-15(18)16(9-14(12)13)22-10-11(2)20/h8-9,12H,3-7,10H2,1-2H3,(H,19,21). The average Bonchev–Trinajstić information content (AvgIpc) is 2.86. The molecule has 1 amide bonds. The Kier molecular flexibility index (Phi) is 5.52. The molecular weight excluding hydrogens is 285 g/mol. The van der Waals surface area contributed by atoms with Gasteiger partial charge in [-0.2, -0.15) is 0 Å². The van der Waals surface area contributed by atoms with E-state index < -0.39 is 5.82 Å². The molecule has 1 aliphatic carbocycles. The summed E-state index contributed by atoms with van der Waals surface area (Å²) in [7, 11) is 0. The van der Waals surface area contributed by atoms with Crippen molar-refractivity contribution >= 4 is 11.7 Å². The van der Waals surface area contributed by atoms with Crippen LogP contribution in [0.2, 0.25) is 0 Å². The van der Waals surface area contributed by atoms with Crippen LogP contribution in [0.25, 0.3) is 0 Å². The van der Waals surface area contributed by atoms with Crippen molar-refractivity contribution in [3.8, 4) is 5.75 Å². The quantitative estimate of drug-likeness (QED) is 0.842. The van der Waals surface area contributed by atoms with Gasteiger partial charge in [-0.1, -0.05) is 6.92 Å². The van der Waals surface area contributed by atoms with Gasteiger partial charge in [-0.3, -0.25) is 9.59 Å². The number of Topliss-reactive ketones (excluding diaryl/α,β-unsaturated/α-hetero) is 1. The fourth-order valence-electron chi connectivity index (χ4n) is 2.79. The first-order valence-corrected chi connectivity index (χ1v) is 7.72. The number of aryl methyl sites for hydroxylation is 1. The summed E-state index contributed by atoms with van der Waals surface area (Å²) >= 11 is 0. The fraction of sp³-hybridized carbons (Fsp3) is 0.529. The minimum Gasteiger partial charge on any atom is -0.483 e. The second kappa shape index (κ2) is 7.38. The van der Waals surface area contributed by atoms with E-state index in [9.17, 15) is 14.0 Å². The van der Waals surface area contributed by atoms with Crippen molar-refractivity contribution in [3.63, 3.8) is 0 Å². The minimum atomic E-state index is -0.417. The highest BCUT2D eigenvalue weighted by Crippen LogP contribution is 2.38. The molecule has 5 heteroatoms. The first-order valence-electron chi connectivity index (χ1n) is 7.72. The van der Waals surface area contributed by atoms with Crippen molar-refractivity contribution in [2.75, 3.05) is 13.2 Å². The third-order valence-electron chi connectivity index (χ3n) is 3.96. The topological polar surface area (TPSA) is 55.4 Å². The molecular formula is C17H22FNO3. The highest BCUT2D eigenvalue weighted by atomic mass is 19.1. The molecule has 0 fully saturated rings. The normalized spacial score (nSPS) is 16.2. The van der Waals surface area contributed by atoms with Gasteiger partial charge in [-0.05, 0) is 55.4 Å². The van der Waals surface area contributed by atoms with Crippen LogP contribution in [-0.2, 0) is 16.0 Å². The van der Waals surface area contributed by atoms with E-state index in [0.717, 1.165) is 30.4 Å². The van der Waals surface area contributed by atoms with Gasteiger partial charge in [0.2, 0.25) is 5.91 Å². The molecule has 1 aromatic carbocycles. The van der Waals surface area contributed by atoms with E-state index in [1.54, 1.807) is 6.07 Å². The number of carbonyl (C=O) groups is 2. The van der Waals surface area contributed by atoms with Crippen molar-refractivity contribution in [1.82, 2.24) is 5.32 Å². The molecule has 0 spiro atoms. The number of fused-ring (bicyclic) bond motifs is 1. The van der Waals surface area contributed by atoms with E-state index in [2.05, 4.69) is 5.32 Å². The summed E-state index contributed by atoms with van der Waals surface area (Å²) < 4.78 is 19.2. The molecule has 1 atom stereocenters. The maximum absolute atomic E-state index is 13.9. The molecule has 1 N–H and O–H groups in total. The zero-order chi connectivity index (χ0) is 16.1. The third-order valence-corrected chi connectivity index (χ3v) is 3.96. The number of amides is 1. The molecule has 0 aromatic heterocycles. The Morgan fingerprint density at radius 2 is 2.18 bits per heavy atom. The summed E-state index contributed by atoms with van der Waals surface area (Å²) in [4.78, 5) is 22.2. The highest BCUT2D eigenvalue weighted by Gasteiger charge is 2.24. The van der Waals surface area contributed by atoms with Crippen LogP contribution in [0.3, 0.4) is 0 Å². The maximum atomic E-state index is 13.9. The molecule has 0 radical (unpaired) electrons. The number of halogens is 1. The second-order valence-electron chi connectivity index (χ2n) is 5.70. The molecule has 0 heterocycles. The maximum Gasteiger partial charge on any atom is 0.219 e. The van der Waals surface area contributed by atoms with Crippen LogP contribution in [-0.4, -0.2) is 24.8 Å². The molecule has 1 unspecified atom stereocenters. The molecule has 0 saturated carbocycles. The predicted octanol–water partition coefficient (Wildman–Crippen LogP) is 2.74. The minimum absolute atomic E-state index is 0.0443. The molecule has 4 nitrogen and oxygen atoms in total. The summed E-state index contributed by atoms with van der Waals surface area (Å²) in [6, 6.07) is 3.22. The lowest BCUT2D eigenvalue weighted by Gasteiger charge is -2.14. The fourth-order valence-corrected chi connectivity index (χ4v) is 2.79. The van der Waals surface area contributed by atoms with Gasteiger partial charge >= 0.3 is 0 Å². The largest absolute Gasteiger partial charge is 0.483 e. The van der Waals surface area contributed by atoms with E-state index in [4.69, 9.17) is 4.74 Å². The van der Waals surface area contributed by atoms with Gasteiger partial charge in [0.1, 0.15) is 6.61 Å². The van der Waals surface area contributed by atoms with Crippen LogP contribution in [0.1, 0.15) is 50.2 Å². The molecule has 1 aromatic rings. The summed E-state index contributed by atoms with van der Waals surface area (Å²) in [5.41, 5.74) is 2.07. The van der Waals surface area contributed by atoms with Crippen LogP contribution in [0.4, 0.5) is 4.39 Å². The number of carbonyl (C=O) groups excluding carboxylic acids is 2. The monoisotopic (exact) mass is 307 g/mol. The lowest BCUT2D eigenvalue weighted by atomic mass is 9.97. The number of hydrogen-bond acceptors (Lipinski definition) is 3. The SMILES string of the molecule is CCC(=O)NCCC1CCc2cc(F)c(OCC(C)=O)cc21. The second-order valence-corrected chi connectivity index (χ2v) is 5.70. The van der Waals surface area contributed by atoms with Gasteiger partial charge in [0, 0.05) is 13.0 Å². The smallest absolute Gasteiger partial charge is 0.219 e. The Bertz CT molecular complexity index is 571. The van der Waals surface area contributed by atoms with Crippen LogP contribution in [0, 0.1) is 5.82 Å². The molecule has 22 heavy (non-hydrogen) atoms. The molecule has 2 rings (SSSR count). The molecule has 0 bridgehead atoms. The van der Waals surface area contributed by atoms with Gasteiger partial charge in [0.05, 0.1) is 0 Å². The first-order chi connectivity index (χ1) is 10.5. The Morgan fingerprint density at radius 3 is 2.86 bits per heavy atom. The average molecular weight is 307 g/mol. The third kappa shape index (κ3) is 4.06. The van der Waals surface area contributed by atoms with Crippen LogP contribution < -0.4 is 10.1 Å². The summed E-state index contributed by atoms with van der Waals surface area (Å²) in [6.45, 7) is 3.73. The number of hydrogen-bond donors (Lipinski definition) is 1. The Morgan fingerprint density at radius 1 is 1.41 bits per heavy atom. The van der Waals surface area contributed by atoms with Crippen molar-refractivity contribution in [2.24, 2.45) is 0 Å². The van der Waals surface area contributed by atoms with Gasteiger partial charge in [-0.15, -0.1) is 0 Å². The number of ketones is 1. The molecule has 0 aliphatic heterocycles. The Labute approximate surface area is 130 Å². The van der Waals surface area contributed by atoms with E-state index in [1.165, 1.54) is 13.0 Å². The van der Waals surface area contributed by atoms with Gasteiger partial charge in [0.25, 0.3) is 0 Å². The van der Waals surface area contributed by atoms with Gasteiger partial charge in [0.15, 0.2) is 17.3 Å². The number of ether oxygens (including phenoxy) is 1. The number of nitrogens with one attached hydrogen (secondary N) is 1. The summed E-state index contributed by atoms with van der Waals surface area (Å²) in [6.07, 6.45) is 3.10. The number of rotatable bonds is 7. The Hall–Kier alpha value is -1.91. The predicted molar refractivity (Wildman–Crippen MR) is 81.6 cm³/mol. The van der Waals surface area contributed by atoms with Crippen LogP contribution in [0.5, 0.6) is 5.75 Å². The van der Waals surface area contributed by atoms with E-state index in [0.29, 0.717) is 18.9 Å². The lowest BCUT2D eigenvalue weighted by molar-refractivity contribution is -0.121. The lowest BCUT2D eigenvalue weighted by Crippen LogP contribution is -2.24. The van der Waals surface area contributed by atoms with Crippen LogP contribution in [0.15, 0.2) is 12.1 Å². The van der Waals surface area contributed by atoms with E-state index in [1.807, 2.05) is 6.92 Å². The van der Waals surface area contributed by atoms with Crippen LogP contribution >= 0.6 is 0 Å². The van der Waals surface area contributed by atoms with E-state index in [-0.39, 0.29) is 24.0 Å². The Balaban J connectivity index is 2.04. The zero-order valence-electron chi connectivity index (χ0n) is 13.1. The zero-order valence-corrected chi connectivity index (χ0v) is 13.1. The highest BCUT2D eigenvalue weighted by molar-refractivity contribution is 5.77. The molecule has 120 valence electrons.